The van der Waals surface area contributed by atoms with Crippen LogP contribution in [-0.2, 0) is 16.0 Å². The molecule has 3 heteroatoms. The van der Waals surface area contributed by atoms with Gasteiger partial charge in [-0.05, 0) is 24.5 Å². The van der Waals surface area contributed by atoms with E-state index in [1.54, 1.807) is 18.2 Å². The van der Waals surface area contributed by atoms with E-state index in [1.165, 1.54) is 6.07 Å². The van der Waals surface area contributed by atoms with Gasteiger partial charge in [-0.2, -0.15) is 0 Å². The molecule has 92 valence electrons. The molecule has 17 heavy (non-hydrogen) atoms. The second kappa shape index (κ2) is 5.41. The van der Waals surface area contributed by atoms with Crippen molar-refractivity contribution >= 4 is 5.78 Å². The summed E-state index contributed by atoms with van der Waals surface area (Å²) in [6, 6.07) is 6.46. The van der Waals surface area contributed by atoms with Gasteiger partial charge >= 0.3 is 0 Å². The summed E-state index contributed by atoms with van der Waals surface area (Å²) in [5.74, 6) is -0.258. The predicted octanol–water partition coefficient (Wildman–Crippen LogP) is 2.75. The summed E-state index contributed by atoms with van der Waals surface area (Å²) in [6.45, 7) is 2.66. The van der Waals surface area contributed by atoms with E-state index in [-0.39, 0.29) is 30.0 Å². The molecule has 1 aliphatic rings. The Morgan fingerprint density at radius 2 is 2.24 bits per heavy atom. The number of hydrogen-bond donors (Lipinski definition) is 0. The van der Waals surface area contributed by atoms with Crippen LogP contribution in [0.3, 0.4) is 0 Å². The van der Waals surface area contributed by atoms with Gasteiger partial charge in [-0.25, -0.2) is 4.39 Å². The molecule has 2 unspecified atom stereocenters. The van der Waals surface area contributed by atoms with Crippen molar-refractivity contribution in [2.24, 2.45) is 5.92 Å². The molecule has 0 N–H and O–H groups in total. The fourth-order valence-corrected chi connectivity index (χ4v) is 2.38. The third kappa shape index (κ3) is 2.72. The maximum atomic E-state index is 13.4. The molecular weight excluding hydrogens is 219 g/mol. The van der Waals surface area contributed by atoms with Gasteiger partial charge in [-0.1, -0.05) is 25.1 Å². The summed E-state index contributed by atoms with van der Waals surface area (Å²) in [5, 5.41) is 0. The van der Waals surface area contributed by atoms with Gasteiger partial charge in [0.15, 0.2) is 0 Å². The van der Waals surface area contributed by atoms with Gasteiger partial charge < -0.3 is 4.74 Å². The first kappa shape index (κ1) is 12.2. The maximum Gasteiger partial charge on any atom is 0.143 e. The number of ether oxygens (including phenoxy) is 1. The molecule has 0 radical (unpaired) electrons. The van der Waals surface area contributed by atoms with Crippen molar-refractivity contribution < 1.29 is 13.9 Å². The van der Waals surface area contributed by atoms with Gasteiger partial charge in [-0.3, -0.25) is 4.79 Å². The first-order valence-electron chi connectivity index (χ1n) is 6.10. The van der Waals surface area contributed by atoms with E-state index < -0.39 is 0 Å². The Labute approximate surface area is 101 Å². The zero-order valence-corrected chi connectivity index (χ0v) is 9.99. The third-order valence-electron chi connectivity index (χ3n) is 3.35. The number of hydrogen-bond acceptors (Lipinski definition) is 2. The molecular formula is C14H17FO2. The van der Waals surface area contributed by atoms with Gasteiger partial charge in [0, 0.05) is 18.9 Å². The van der Waals surface area contributed by atoms with Crippen molar-refractivity contribution in [1.29, 1.82) is 0 Å². The van der Waals surface area contributed by atoms with Crippen molar-refractivity contribution in [3.8, 4) is 0 Å². The topological polar surface area (TPSA) is 26.3 Å². The van der Waals surface area contributed by atoms with Gasteiger partial charge in [-0.15, -0.1) is 0 Å². The van der Waals surface area contributed by atoms with Gasteiger partial charge in [0.1, 0.15) is 11.6 Å². The number of rotatable bonds is 4. The zero-order valence-electron chi connectivity index (χ0n) is 9.99. The molecule has 1 saturated heterocycles. The first-order chi connectivity index (χ1) is 8.22. The molecule has 0 aliphatic carbocycles. The molecule has 2 nitrogen and oxygen atoms in total. The first-order valence-corrected chi connectivity index (χ1v) is 6.10. The minimum absolute atomic E-state index is 0.0225. The number of carbonyl (C=O) groups excluding carboxylic acids is 1. The highest BCUT2D eigenvalue weighted by Crippen LogP contribution is 2.25. The predicted molar refractivity (Wildman–Crippen MR) is 63.2 cm³/mol. The van der Waals surface area contributed by atoms with Crippen LogP contribution < -0.4 is 0 Å². The lowest BCUT2D eigenvalue weighted by atomic mass is 9.91. The molecule has 1 aliphatic heterocycles. The molecule has 0 bridgehead atoms. The Hall–Kier alpha value is -1.22. The Morgan fingerprint density at radius 3 is 2.94 bits per heavy atom. The monoisotopic (exact) mass is 236 g/mol. The number of halogens is 1. The Balaban J connectivity index is 2.04. The average molecular weight is 236 g/mol. The number of ketones is 1. The summed E-state index contributed by atoms with van der Waals surface area (Å²) >= 11 is 0. The molecule has 0 amide bonds. The quantitative estimate of drug-likeness (QED) is 0.803. The smallest absolute Gasteiger partial charge is 0.143 e. The van der Waals surface area contributed by atoms with Gasteiger partial charge in [0.2, 0.25) is 0 Å². The molecule has 1 aromatic rings. The maximum absolute atomic E-state index is 13.4. The standard InChI is InChI=1S/C14H17FO2/c1-2-14-11(7-8-17-14)13(16)9-10-5-3-4-6-12(10)15/h3-6,11,14H,2,7-9H2,1H3. The lowest BCUT2D eigenvalue weighted by molar-refractivity contribution is -0.123. The second-order valence-electron chi connectivity index (χ2n) is 4.45. The van der Waals surface area contributed by atoms with Crippen LogP contribution in [0.15, 0.2) is 24.3 Å². The minimum Gasteiger partial charge on any atom is -0.377 e. The Morgan fingerprint density at radius 1 is 1.47 bits per heavy atom. The molecule has 2 atom stereocenters. The van der Waals surface area contributed by atoms with Crippen molar-refractivity contribution in [2.75, 3.05) is 6.61 Å². The van der Waals surface area contributed by atoms with Crippen LogP contribution in [0.5, 0.6) is 0 Å². The molecule has 1 fully saturated rings. The number of benzene rings is 1. The molecule has 1 aromatic carbocycles. The van der Waals surface area contributed by atoms with E-state index in [4.69, 9.17) is 4.74 Å². The van der Waals surface area contributed by atoms with E-state index in [9.17, 15) is 9.18 Å². The molecule has 0 saturated carbocycles. The van der Waals surface area contributed by atoms with Crippen LogP contribution in [0.2, 0.25) is 0 Å². The summed E-state index contributed by atoms with van der Waals surface area (Å²) in [5.41, 5.74) is 0.485. The van der Waals surface area contributed by atoms with E-state index in [0.717, 1.165) is 12.8 Å². The molecule has 0 spiro atoms. The minimum atomic E-state index is -0.298. The normalized spacial score (nSPS) is 23.9. The van der Waals surface area contributed by atoms with Crippen LogP contribution in [0, 0.1) is 11.7 Å². The van der Waals surface area contributed by atoms with Crippen LogP contribution in [0.1, 0.15) is 25.3 Å². The largest absolute Gasteiger partial charge is 0.377 e. The highest BCUT2D eigenvalue weighted by molar-refractivity contribution is 5.84. The Bertz CT molecular complexity index is 403. The Kier molecular flexibility index (Phi) is 3.89. The lowest BCUT2D eigenvalue weighted by Crippen LogP contribution is -2.25. The zero-order chi connectivity index (χ0) is 12.3. The third-order valence-corrected chi connectivity index (χ3v) is 3.35. The van der Waals surface area contributed by atoms with Crippen molar-refractivity contribution in [3.63, 3.8) is 0 Å². The van der Waals surface area contributed by atoms with Crippen LogP contribution in [-0.4, -0.2) is 18.5 Å². The highest BCUT2D eigenvalue weighted by Gasteiger charge is 2.32. The summed E-state index contributed by atoms with van der Waals surface area (Å²) in [6.07, 6.45) is 1.81. The SMILES string of the molecule is CCC1OCCC1C(=O)Cc1ccccc1F. The molecule has 2 rings (SSSR count). The number of Topliss-reactive ketones (excluding diaryl/α,β-unsaturated/α-hetero) is 1. The highest BCUT2D eigenvalue weighted by atomic mass is 19.1. The number of carbonyl (C=O) groups is 1. The second-order valence-corrected chi connectivity index (χ2v) is 4.45. The molecule has 0 aromatic heterocycles. The van der Waals surface area contributed by atoms with Crippen molar-refractivity contribution in [3.05, 3.63) is 35.6 Å². The van der Waals surface area contributed by atoms with Crippen LogP contribution in [0.25, 0.3) is 0 Å². The fourth-order valence-electron chi connectivity index (χ4n) is 2.38. The van der Waals surface area contributed by atoms with E-state index in [0.29, 0.717) is 12.2 Å². The van der Waals surface area contributed by atoms with Gasteiger partial charge in [0.05, 0.1) is 6.10 Å². The molecule has 1 heterocycles. The van der Waals surface area contributed by atoms with Gasteiger partial charge in [0.25, 0.3) is 0 Å². The summed E-state index contributed by atoms with van der Waals surface area (Å²) < 4.78 is 18.9. The summed E-state index contributed by atoms with van der Waals surface area (Å²) in [4.78, 5) is 12.1. The van der Waals surface area contributed by atoms with E-state index >= 15 is 0 Å². The average Bonchev–Trinajstić information content (AvgIpc) is 2.80. The van der Waals surface area contributed by atoms with Crippen molar-refractivity contribution in [2.45, 2.75) is 32.3 Å². The fraction of sp³-hybridized carbons (Fsp3) is 0.500. The van der Waals surface area contributed by atoms with Crippen molar-refractivity contribution in [1.82, 2.24) is 0 Å². The van der Waals surface area contributed by atoms with Crippen LogP contribution in [0.4, 0.5) is 4.39 Å². The van der Waals surface area contributed by atoms with Crippen LogP contribution >= 0.6 is 0 Å². The lowest BCUT2D eigenvalue weighted by Gasteiger charge is -2.15. The summed E-state index contributed by atoms with van der Waals surface area (Å²) in [7, 11) is 0. The van der Waals surface area contributed by atoms with E-state index in [2.05, 4.69) is 0 Å². The van der Waals surface area contributed by atoms with E-state index in [1.807, 2.05) is 6.92 Å².